The van der Waals surface area contributed by atoms with Gasteiger partial charge in [-0.2, -0.15) is 0 Å². The summed E-state index contributed by atoms with van der Waals surface area (Å²) in [5, 5.41) is 9.13. The van der Waals surface area contributed by atoms with E-state index in [0.29, 0.717) is 11.3 Å². The fourth-order valence-corrected chi connectivity index (χ4v) is 1.90. The molecule has 0 aliphatic carbocycles. The van der Waals surface area contributed by atoms with Gasteiger partial charge in [-0.15, -0.1) is 0 Å². The van der Waals surface area contributed by atoms with E-state index in [1.807, 2.05) is 18.2 Å². The quantitative estimate of drug-likeness (QED) is 0.723. The Balaban J connectivity index is 0.00000180. The predicted octanol–water partition coefficient (Wildman–Crippen LogP) is -0.825. The van der Waals surface area contributed by atoms with Crippen LogP contribution < -0.4 is 35.0 Å². The molecule has 4 nitrogen and oxygen atoms in total. The van der Waals surface area contributed by atoms with Crippen LogP contribution in [0.3, 0.4) is 0 Å². The Bertz CT molecular complexity index is 668. The molecular weight excluding hydrogens is 253 g/mol. The van der Waals surface area contributed by atoms with E-state index in [0.717, 1.165) is 5.56 Å². The number of nitrogens with zero attached hydrogens (tertiary/aromatic N) is 1. The molecule has 2 aromatic rings. The molecule has 0 aliphatic rings. The maximum Gasteiger partial charge on any atom is 1.00 e. The third-order valence-electron chi connectivity index (χ3n) is 2.98. The van der Waals surface area contributed by atoms with Gasteiger partial charge in [0.1, 0.15) is 5.56 Å². The maximum absolute atomic E-state index is 12.2. The van der Waals surface area contributed by atoms with Gasteiger partial charge in [-0.25, -0.2) is 4.79 Å². The van der Waals surface area contributed by atoms with E-state index in [1.165, 1.54) is 0 Å². The fraction of sp³-hybridized carbons (Fsp3) is 0.143. The monoisotopic (exact) mass is 267 g/mol. The Labute approximate surface area is 134 Å². The number of aryl methyl sites for hydroxylation is 1. The van der Waals surface area contributed by atoms with E-state index >= 15 is 0 Å². The second kappa shape index (κ2) is 6.19. The maximum atomic E-state index is 12.2. The van der Waals surface area contributed by atoms with E-state index < -0.39 is 11.4 Å². The summed E-state index contributed by atoms with van der Waals surface area (Å²) in [6.45, 7) is 1.62. The van der Waals surface area contributed by atoms with Crippen LogP contribution in [0.15, 0.2) is 41.3 Å². The molecule has 0 aliphatic heterocycles. The van der Waals surface area contributed by atoms with Gasteiger partial charge in [0.25, 0.3) is 0 Å². The van der Waals surface area contributed by atoms with Crippen molar-refractivity contribution in [2.75, 3.05) is 0 Å². The van der Waals surface area contributed by atoms with Crippen molar-refractivity contribution in [1.82, 2.24) is 4.57 Å². The van der Waals surface area contributed by atoms with Gasteiger partial charge in [-0.05, 0) is 12.5 Å². The molecule has 0 atom stereocenters. The predicted molar refractivity (Wildman–Crippen MR) is 69.9 cm³/mol. The Morgan fingerprint density at radius 1 is 1.26 bits per heavy atom. The van der Waals surface area contributed by atoms with Gasteiger partial charge in [0.05, 0.1) is 0 Å². The van der Waals surface area contributed by atoms with Crippen LogP contribution in [0.2, 0.25) is 0 Å². The molecule has 1 heterocycles. The molecule has 0 saturated carbocycles. The van der Waals surface area contributed by atoms with Crippen molar-refractivity contribution < 1.29 is 40.9 Å². The fourth-order valence-electron chi connectivity index (χ4n) is 1.90. The van der Waals surface area contributed by atoms with E-state index in [2.05, 4.69) is 0 Å². The summed E-state index contributed by atoms with van der Waals surface area (Å²) < 4.78 is 1.66. The minimum atomic E-state index is -1.19. The summed E-state index contributed by atoms with van der Waals surface area (Å²) in [5.41, 5.74) is 0.969. The number of rotatable bonds is 2. The van der Waals surface area contributed by atoms with E-state index in [4.69, 9.17) is 5.11 Å². The molecule has 1 N–H and O–H groups in total. The van der Waals surface area contributed by atoms with Crippen molar-refractivity contribution in [3.63, 3.8) is 0 Å². The molecule has 1 aromatic heterocycles. The largest absolute Gasteiger partial charge is 1.00 e. The van der Waals surface area contributed by atoms with Crippen molar-refractivity contribution >= 4 is 5.97 Å². The first kappa shape index (κ1) is 15.7. The Morgan fingerprint density at radius 2 is 1.84 bits per heavy atom. The van der Waals surface area contributed by atoms with Crippen LogP contribution in [0.25, 0.3) is 11.1 Å². The summed E-state index contributed by atoms with van der Waals surface area (Å²) in [6.07, 6.45) is 1.67. The van der Waals surface area contributed by atoms with Crippen LogP contribution >= 0.6 is 0 Å². The van der Waals surface area contributed by atoms with Crippen molar-refractivity contribution in [2.45, 2.75) is 6.92 Å². The zero-order chi connectivity index (χ0) is 13.3. The van der Waals surface area contributed by atoms with Gasteiger partial charge >= 0.3 is 35.5 Å². The summed E-state index contributed by atoms with van der Waals surface area (Å²) in [7, 11) is 1.73. The number of pyridine rings is 1. The molecule has 2 rings (SSSR count). The normalized spacial score (nSPS) is 9.79. The van der Waals surface area contributed by atoms with Crippen LogP contribution in [0.5, 0.6) is 0 Å². The molecular formula is C14H14NNaO3. The van der Waals surface area contributed by atoms with Gasteiger partial charge in [0, 0.05) is 24.5 Å². The summed E-state index contributed by atoms with van der Waals surface area (Å²) in [5.74, 6) is -1.19. The van der Waals surface area contributed by atoms with Crippen molar-refractivity contribution in [3.05, 3.63) is 58.0 Å². The molecule has 19 heavy (non-hydrogen) atoms. The average Bonchev–Trinajstić information content (AvgIpc) is 2.34. The molecule has 94 valence electrons. The molecule has 0 radical (unpaired) electrons. The third kappa shape index (κ3) is 2.97. The zero-order valence-electron chi connectivity index (χ0n) is 12.2. The molecule has 0 saturated heterocycles. The smallest absolute Gasteiger partial charge is 1.00 e. The van der Waals surface area contributed by atoms with Crippen LogP contribution in [0.4, 0.5) is 0 Å². The number of aromatic carboxylic acids is 1. The van der Waals surface area contributed by atoms with Crippen LogP contribution in [0.1, 0.15) is 17.5 Å². The number of benzene rings is 1. The third-order valence-corrected chi connectivity index (χ3v) is 2.98. The van der Waals surface area contributed by atoms with Gasteiger partial charge in [-0.3, -0.25) is 4.79 Å². The SMILES string of the molecule is Cc1c(C(=O)O)c(=O)c(-c2ccccc2)cn1C.[H-].[Na+]. The number of carboxylic acid groups (broad SMARTS) is 1. The molecule has 0 fully saturated rings. The minimum Gasteiger partial charge on any atom is -1.00 e. The number of carboxylic acids is 1. The van der Waals surface area contributed by atoms with Crippen LogP contribution in [0, 0.1) is 6.92 Å². The second-order valence-corrected chi connectivity index (χ2v) is 4.11. The molecule has 0 bridgehead atoms. The molecule has 0 amide bonds. The molecule has 0 unspecified atom stereocenters. The number of aromatic nitrogens is 1. The van der Waals surface area contributed by atoms with Crippen LogP contribution in [-0.4, -0.2) is 15.6 Å². The first-order valence-electron chi connectivity index (χ1n) is 5.51. The van der Waals surface area contributed by atoms with Gasteiger partial charge in [0.2, 0.25) is 5.43 Å². The number of hydrogen-bond acceptors (Lipinski definition) is 2. The van der Waals surface area contributed by atoms with Gasteiger partial charge in [-0.1, -0.05) is 30.3 Å². The summed E-state index contributed by atoms with van der Waals surface area (Å²) in [6, 6.07) is 9.06. The van der Waals surface area contributed by atoms with Crippen molar-refractivity contribution in [3.8, 4) is 11.1 Å². The van der Waals surface area contributed by atoms with Gasteiger partial charge in [0.15, 0.2) is 0 Å². The van der Waals surface area contributed by atoms with E-state index in [1.54, 1.807) is 36.9 Å². The Kier molecular flexibility index (Phi) is 5.11. The molecule has 1 aromatic carbocycles. The Hall–Kier alpha value is -1.36. The van der Waals surface area contributed by atoms with Crippen molar-refractivity contribution in [1.29, 1.82) is 0 Å². The first-order valence-corrected chi connectivity index (χ1v) is 5.51. The second-order valence-electron chi connectivity index (χ2n) is 4.11. The topological polar surface area (TPSA) is 59.3 Å². The minimum absolute atomic E-state index is 0. The van der Waals surface area contributed by atoms with Gasteiger partial charge < -0.3 is 11.1 Å². The van der Waals surface area contributed by atoms with Crippen molar-refractivity contribution in [2.24, 2.45) is 7.05 Å². The summed E-state index contributed by atoms with van der Waals surface area (Å²) >= 11 is 0. The summed E-state index contributed by atoms with van der Waals surface area (Å²) in [4.78, 5) is 23.4. The zero-order valence-corrected chi connectivity index (χ0v) is 13.2. The Morgan fingerprint density at radius 3 is 2.37 bits per heavy atom. The molecule has 5 heteroatoms. The first-order chi connectivity index (χ1) is 8.52. The van der Waals surface area contributed by atoms with E-state index in [9.17, 15) is 9.59 Å². The number of carbonyl (C=O) groups is 1. The standard InChI is InChI=1S/C14H13NO3.Na.H/c1-9-12(14(17)18)13(16)11(8-15(9)2)10-6-4-3-5-7-10;;/h3-8H,1-2H3,(H,17,18);;/q;+1;-1. The van der Waals surface area contributed by atoms with E-state index in [-0.39, 0.29) is 36.5 Å². The number of hydrogen-bond donors (Lipinski definition) is 1. The van der Waals surface area contributed by atoms with Crippen LogP contribution in [-0.2, 0) is 7.05 Å². The molecule has 0 spiro atoms. The average molecular weight is 267 g/mol.